The average Bonchev–Trinajstić information content (AvgIpc) is 3.11. The number of carbonyl (C=O) groups is 3. The number of ether oxygens (including phenoxy) is 2. The summed E-state index contributed by atoms with van der Waals surface area (Å²) in [6.45, 7) is 1.76. The molecule has 3 rings (SSSR count). The van der Waals surface area contributed by atoms with E-state index < -0.39 is 0 Å². The Morgan fingerprint density at radius 2 is 1.81 bits per heavy atom. The Kier molecular flexibility index (Phi) is 6.92. The van der Waals surface area contributed by atoms with Gasteiger partial charge in [0.1, 0.15) is 0 Å². The van der Waals surface area contributed by atoms with Gasteiger partial charge in [0.15, 0.2) is 17.3 Å². The fourth-order valence-corrected chi connectivity index (χ4v) is 3.20. The first-order valence-electron chi connectivity index (χ1n) is 9.85. The Bertz CT molecular complexity index is 1120. The van der Waals surface area contributed by atoms with Crippen molar-refractivity contribution in [2.75, 3.05) is 13.7 Å². The van der Waals surface area contributed by atoms with Crippen molar-refractivity contribution in [1.82, 2.24) is 15.4 Å². The number of fused-ring (bicyclic) bond motifs is 1. The molecule has 0 aliphatic carbocycles. The van der Waals surface area contributed by atoms with Gasteiger partial charge in [-0.25, -0.2) is 0 Å². The number of hydrogen-bond acceptors (Lipinski definition) is 5. The Labute approximate surface area is 180 Å². The number of methoxy groups -OCH3 is 1. The van der Waals surface area contributed by atoms with E-state index in [1.54, 1.807) is 24.4 Å². The van der Waals surface area contributed by atoms with Crippen molar-refractivity contribution in [1.29, 1.82) is 0 Å². The lowest BCUT2D eigenvalue weighted by Crippen LogP contribution is -2.41. The molecular weight excluding hydrogens is 398 g/mol. The Balaban J connectivity index is 1.45. The number of hydrogen-bond donors (Lipinski definition) is 2. The summed E-state index contributed by atoms with van der Waals surface area (Å²) in [5, 5.41) is 0.815. The Morgan fingerprint density at radius 3 is 2.55 bits per heavy atom. The molecule has 0 bridgehead atoms. The van der Waals surface area contributed by atoms with Crippen molar-refractivity contribution in [2.24, 2.45) is 7.05 Å². The van der Waals surface area contributed by atoms with Crippen LogP contribution in [0.5, 0.6) is 11.5 Å². The number of aromatic nitrogens is 1. The van der Waals surface area contributed by atoms with Crippen LogP contribution in [-0.4, -0.2) is 35.9 Å². The molecule has 2 aromatic carbocycles. The van der Waals surface area contributed by atoms with E-state index in [1.807, 2.05) is 35.9 Å². The summed E-state index contributed by atoms with van der Waals surface area (Å²) >= 11 is 0. The van der Waals surface area contributed by atoms with Crippen LogP contribution in [0.1, 0.15) is 40.5 Å². The molecule has 0 saturated heterocycles. The predicted molar refractivity (Wildman–Crippen MR) is 116 cm³/mol. The molecule has 0 aliphatic rings. The fourth-order valence-electron chi connectivity index (χ4n) is 3.20. The summed E-state index contributed by atoms with van der Waals surface area (Å²) in [6, 6.07) is 12.5. The quantitative estimate of drug-likeness (QED) is 0.330. The van der Waals surface area contributed by atoms with Gasteiger partial charge in [-0.15, -0.1) is 0 Å². The Morgan fingerprint density at radius 1 is 1.03 bits per heavy atom. The lowest BCUT2D eigenvalue weighted by Gasteiger charge is -2.11. The highest BCUT2D eigenvalue weighted by atomic mass is 16.5. The van der Waals surface area contributed by atoms with Crippen LogP contribution in [-0.2, 0) is 11.8 Å². The second-order valence-corrected chi connectivity index (χ2v) is 7.05. The lowest BCUT2D eigenvalue weighted by atomic mass is 10.1. The molecule has 8 nitrogen and oxygen atoms in total. The predicted octanol–water partition coefficient (Wildman–Crippen LogP) is 3.01. The molecule has 0 radical (unpaired) electrons. The summed E-state index contributed by atoms with van der Waals surface area (Å²) in [6.07, 6.45) is 2.34. The average molecular weight is 423 g/mol. The van der Waals surface area contributed by atoms with Gasteiger partial charge in [-0.3, -0.25) is 25.2 Å². The number of ketones is 1. The number of benzene rings is 2. The number of rotatable bonds is 8. The maximum Gasteiger partial charge on any atom is 0.271 e. The molecule has 31 heavy (non-hydrogen) atoms. The SMILES string of the molecule is COc1cc(C(C)=O)ccc1OCCCC(=O)NNC(=O)c1cn(C)c2ccccc12. The molecule has 0 fully saturated rings. The molecule has 0 atom stereocenters. The molecule has 2 N–H and O–H groups in total. The zero-order valence-electron chi connectivity index (χ0n) is 17.7. The molecule has 8 heteroatoms. The summed E-state index contributed by atoms with van der Waals surface area (Å²) in [7, 11) is 3.36. The summed E-state index contributed by atoms with van der Waals surface area (Å²) < 4.78 is 12.8. The third-order valence-corrected chi connectivity index (χ3v) is 4.83. The van der Waals surface area contributed by atoms with Gasteiger partial charge < -0.3 is 14.0 Å². The molecule has 0 aliphatic heterocycles. The van der Waals surface area contributed by atoms with Crippen LogP contribution in [0.4, 0.5) is 0 Å². The minimum Gasteiger partial charge on any atom is -0.493 e. The van der Waals surface area contributed by atoms with Gasteiger partial charge >= 0.3 is 0 Å². The van der Waals surface area contributed by atoms with Gasteiger partial charge in [-0.1, -0.05) is 18.2 Å². The second kappa shape index (κ2) is 9.80. The maximum absolute atomic E-state index is 12.4. The van der Waals surface area contributed by atoms with Crippen molar-refractivity contribution in [3.8, 4) is 11.5 Å². The summed E-state index contributed by atoms with van der Waals surface area (Å²) in [4.78, 5) is 35.9. The standard InChI is InChI=1S/C23H25N3O5/c1-15(27)16-10-11-20(21(13-16)30-3)31-12-6-9-22(28)24-25-23(29)18-14-26(2)19-8-5-4-7-17(18)19/h4-5,7-8,10-11,13-14H,6,9,12H2,1-3H3,(H,24,28)(H,25,29). The first kappa shape index (κ1) is 21.9. The molecule has 0 saturated carbocycles. The fraction of sp³-hybridized carbons (Fsp3) is 0.261. The van der Waals surface area contributed by atoms with E-state index in [1.165, 1.54) is 14.0 Å². The van der Waals surface area contributed by atoms with Crippen LogP contribution in [0, 0.1) is 0 Å². The van der Waals surface area contributed by atoms with E-state index in [0.29, 0.717) is 29.0 Å². The van der Waals surface area contributed by atoms with Crippen LogP contribution < -0.4 is 20.3 Å². The number of hydrazine groups is 1. The highest BCUT2D eigenvalue weighted by Crippen LogP contribution is 2.28. The summed E-state index contributed by atoms with van der Waals surface area (Å²) in [5.41, 5.74) is 6.84. The molecule has 2 amide bonds. The van der Waals surface area contributed by atoms with Crippen molar-refractivity contribution in [2.45, 2.75) is 19.8 Å². The van der Waals surface area contributed by atoms with E-state index in [4.69, 9.17) is 9.47 Å². The van der Waals surface area contributed by atoms with Gasteiger partial charge in [0, 0.05) is 36.1 Å². The smallest absolute Gasteiger partial charge is 0.271 e. The van der Waals surface area contributed by atoms with Crippen LogP contribution >= 0.6 is 0 Å². The van der Waals surface area contributed by atoms with E-state index in [9.17, 15) is 14.4 Å². The normalized spacial score (nSPS) is 10.5. The second-order valence-electron chi connectivity index (χ2n) is 7.05. The number of Topliss-reactive ketones (excluding diaryl/α,β-unsaturated/α-hetero) is 1. The number of nitrogens with one attached hydrogen (secondary N) is 2. The highest BCUT2D eigenvalue weighted by molar-refractivity contribution is 6.07. The minimum atomic E-state index is -0.378. The molecule has 0 unspecified atom stereocenters. The lowest BCUT2D eigenvalue weighted by molar-refractivity contribution is -0.122. The van der Waals surface area contributed by atoms with Gasteiger partial charge in [0.25, 0.3) is 5.91 Å². The number of aryl methyl sites for hydroxylation is 1. The molecule has 162 valence electrons. The highest BCUT2D eigenvalue weighted by Gasteiger charge is 2.14. The van der Waals surface area contributed by atoms with Crippen LogP contribution in [0.2, 0.25) is 0 Å². The number of nitrogens with zero attached hydrogens (tertiary/aromatic N) is 1. The molecule has 1 heterocycles. The molecular formula is C23H25N3O5. The van der Waals surface area contributed by atoms with E-state index in [-0.39, 0.29) is 30.6 Å². The van der Waals surface area contributed by atoms with Gasteiger partial charge in [-0.05, 0) is 37.6 Å². The molecule has 1 aromatic heterocycles. The number of amides is 2. The third kappa shape index (κ3) is 5.22. The van der Waals surface area contributed by atoms with Crippen molar-refractivity contribution in [3.05, 3.63) is 59.8 Å². The van der Waals surface area contributed by atoms with Crippen LogP contribution in [0.15, 0.2) is 48.7 Å². The van der Waals surface area contributed by atoms with Gasteiger partial charge in [0.05, 0.1) is 19.3 Å². The third-order valence-electron chi connectivity index (χ3n) is 4.83. The molecule has 3 aromatic rings. The Hall–Kier alpha value is -3.81. The molecule has 0 spiro atoms. The zero-order chi connectivity index (χ0) is 22.4. The maximum atomic E-state index is 12.4. The largest absolute Gasteiger partial charge is 0.493 e. The van der Waals surface area contributed by atoms with Gasteiger partial charge in [0.2, 0.25) is 5.91 Å². The zero-order valence-corrected chi connectivity index (χ0v) is 17.7. The van der Waals surface area contributed by atoms with E-state index >= 15 is 0 Å². The van der Waals surface area contributed by atoms with Gasteiger partial charge in [-0.2, -0.15) is 0 Å². The topological polar surface area (TPSA) is 98.7 Å². The van der Waals surface area contributed by atoms with E-state index in [0.717, 1.165) is 10.9 Å². The van der Waals surface area contributed by atoms with Crippen molar-refractivity contribution >= 4 is 28.5 Å². The minimum absolute atomic E-state index is 0.0629. The first-order valence-corrected chi connectivity index (χ1v) is 9.85. The number of carbonyl (C=O) groups excluding carboxylic acids is 3. The first-order chi connectivity index (χ1) is 14.9. The number of para-hydroxylation sites is 1. The monoisotopic (exact) mass is 423 g/mol. The summed E-state index contributed by atoms with van der Waals surface area (Å²) in [5.74, 6) is 0.191. The van der Waals surface area contributed by atoms with Crippen LogP contribution in [0.25, 0.3) is 10.9 Å². The van der Waals surface area contributed by atoms with E-state index in [2.05, 4.69) is 10.9 Å². The van der Waals surface area contributed by atoms with Crippen LogP contribution in [0.3, 0.4) is 0 Å². The van der Waals surface area contributed by atoms with Crippen molar-refractivity contribution in [3.63, 3.8) is 0 Å². The van der Waals surface area contributed by atoms with Crippen molar-refractivity contribution < 1.29 is 23.9 Å².